The summed E-state index contributed by atoms with van der Waals surface area (Å²) in [7, 11) is 0. The number of hydrogen-bond acceptors (Lipinski definition) is 4. The summed E-state index contributed by atoms with van der Waals surface area (Å²) < 4.78 is 5.42. The van der Waals surface area contributed by atoms with Crippen molar-refractivity contribution in [3.05, 3.63) is 43.6 Å². The van der Waals surface area contributed by atoms with Crippen molar-refractivity contribution in [1.82, 2.24) is 0 Å². The summed E-state index contributed by atoms with van der Waals surface area (Å²) in [5.74, 6) is 0.352. The Morgan fingerprint density at radius 1 is 1.36 bits per heavy atom. The highest BCUT2D eigenvalue weighted by atomic mass is 35.5. The molecule has 0 saturated carbocycles. The van der Waals surface area contributed by atoms with Crippen LogP contribution in [0.5, 0.6) is 5.75 Å². The topological polar surface area (TPSA) is 69.4 Å². The van der Waals surface area contributed by atoms with Crippen molar-refractivity contribution in [2.24, 2.45) is 0 Å². The normalized spacial score (nSPS) is 11.4. The first-order valence-corrected chi connectivity index (χ1v) is 7.64. The van der Waals surface area contributed by atoms with E-state index in [1.54, 1.807) is 19.1 Å². The minimum Gasteiger partial charge on any atom is -0.492 e. The number of nitro groups is 1. The molecule has 0 heterocycles. The molecule has 0 aliphatic heterocycles. The Labute approximate surface area is 142 Å². The number of rotatable bonds is 8. The second-order valence-corrected chi connectivity index (χ2v) is 5.51. The van der Waals surface area contributed by atoms with Crippen molar-refractivity contribution in [3.8, 4) is 5.75 Å². The summed E-state index contributed by atoms with van der Waals surface area (Å²) in [5.41, 5.74) is 0.482. The van der Waals surface area contributed by atoms with Crippen LogP contribution in [0.1, 0.15) is 31.7 Å². The van der Waals surface area contributed by atoms with Crippen molar-refractivity contribution in [3.63, 3.8) is 0 Å². The third-order valence-corrected chi connectivity index (χ3v) is 3.84. The van der Waals surface area contributed by atoms with Gasteiger partial charge in [0, 0.05) is 24.5 Å². The fourth-order valence-electron chi connectivity index (χ4n) is 1.63. The number of ether oxygens (including phenoxy) is 1. The van der Waals surface area contributed by atoms with E-state index in [2.05, 4.69) is 0 Å². The molecule has 0 N–H and O–H groups in total. The van der Waals surface area contributed by atoms with Crippen LogP contribution in [0, 0.1) is 10.1 Å². The molecule has 0 atom stereocenters. The van der Waals surface area contributed by atoms with Gasteiger partial charge in [-0.3, -0.25) is 14.9 Å². The third-order valence-electron chi connectivity index (χ3n) is 2.77. The van der Waals surface area contributed by atoms with Crippen LogP contribution in [0.15, 0.2) is 17.8 Å². The Hall–Kier alpha value is -1.30. The van der Waals surface area contributed by atoms with Crippen molar-refractivity contribution in [2.75, 3.05) is 6.61 Å². The molecule has 22 heavy (non-hydrogen) atoms. The van der Waals surface area contributed by atoms with Gasteiger partial charge in [-0.1, -0.05) is 30.1 Å². The van der Waals surface area contributed by atoms with E-state index in [0.29, 0.717) is 17.7 Å². The number of nitrogens with zero attached hydrogens (tertiary/aromatic N) is 1. The first kappa shape index (κ1) is 18.7. The fraction of sp³-hybridized carbons (Fsp3) is 0.357. The van der Waals surface area contributed by atoms with Gasteiger partial charge in [-0.25, -0.2) is 0 Å². The molecule has 0 aliphatic carbocycles. The summed E-state index contributed by atoms with van der Waals surface area (Å²) in [6.07, 6.45) is 2.31. The molecule has 0 spiro atoms. The Kier molecular flexibility index (Phi) is 7.65. The lowest BCUT2D eigenvalue weighted by molar-refractivity contribution is -0.425. The first-order valence-electron chi connectivity index (χ1n) is 6.50. The maximum absolute atomic E-state index is 10.8. The molecular formula is C14H14Cl3NO4. The maximum Gasteiger partial charge on any atom is 0.246 e. The molecule has 120 valence electrons. The van der Waals surface area contributed by atoms with E-state index in [1.165, 1.54) is 6.08 Å². The van der Waals surface area contributed by atoms with E-state index in [1.807, 2.05) is 0 Å². The molecule has 0 saturated heterocycles. The minimum atomic E-state index is -0.461. The zero-order valence-corrected chi connectivity index (χ0v) is 14.0. The predicted molar refractivity (Wildman–Crippen MR) is 87.3 cm³/mol. The summed E-state index contributed by atoms with van der Waals surface area (Å²) in [4.78, 5) is 21.0. The van der Waals surface area contributed by atoms with Crippen molar-refractivity contribution in [2.45, 2.75) is 26.2 Å². The summed E-state index contributed by atoms with van der Waals surface area (Å²) in [5, 5.41) is 10.7. The Bertz CT molecular complexity index is 602. The van der Waals surface area contributed by atoms with Crippen LogP contribution in [0.2, 0.25) is 10.0 Å². The standard InChI is InChI=1S/C14H14Cl3NO4/c1-2-10(18(20)21)8-9-5-6-11(14(17)13(9)16)22-7-3-4-12(15)19/h5-6,8H,2-4,7H2,1H3/b10-8-. The second-order valence-electron chi connectivity index (χ2n) is 4.33. The van der Waals surface area contributed by atoms with Gasteiger partial charge in [0.2, 0.25) is 10.9 Å². The van der Waals surface area contributed by atoms with E-state index in [-0.39, 0.29) is 35.2 Å². The zero-order valence-electron chi connectivity index (χ0n) is 11.8. The van der Waals surface area contributed by atoms with Gasteiger partial charge in [0.25, 0.3) is 0 Å². The van der Waals surface area contributed by atoms with Gasteiger partial charge in [-0.15, -0.1) is 0 Å². The molecular weight excluding hydrogens is 353 g/mol. The molecule has 1 aromatic rings. The minimum absolute atomic E-state index is 0.0345. The summed E-state index contributed by atoms with van der Waals surface area (Å²) >= 11 is 17.4. The van der Waals surface area contributed by atoms with Crippen LogP contribution in [0.3, 0.4) is 0 Å². The summed E-state index contributed by atoms with van der Waals surface area (Å²) in [6.45, 7) is 1.94. The van der Waals surface area contributed by atoms with Crippen molar-refractivity contribution >= 4 is 46.1 Å². The molecule has 0 unspecified atom stereocenters. The monoisotopic (exact) mass is 365 g/mol. The third kappa shape index (κ3) is 5.48. The fourth-order valence-corrected chi connectivity index (χ4v) is 2.20. The molecule has 0 bridgehead atoms. The van der Waals surface area contributed by atoms with E-state index in [0.717, 1.165) is 0 Å². The van der Waals surface area contributed by atoms with Gasteiger partial charge in [0.1, 0.15) is 10.8 Å². The van der Waals surface area contributed by atoms with Gasteiger partial charge in [0.05, 0.1) is 16.6 Å². The van der Waals surface area contributed by atoms with E-state index >= 15 is 0 Å². The highest BCUT2D eigenvalue weighted by molar-refractivity contribution is 6.63. The molecule has 0 aromatic heterocycles. The van der Waals surface area contributed by atoms with Gasteiger partial charge in [-0.2, -0.15) is 0 Å². The smallest absolute Gasteiger partial charge is 0.246 e. The van der Waals surface area contributed by atoms with E-state index < -0.39 is 10.2 Å². The van der Waals surface area contributed by atoms with Gasteiger partial charge < -0.3 is 4.74 Å². The van der Waals surface area contributed by atoms with Gasteiger partial charge in [-0.05, 0) is 30.2 Å². The maximum atomic E-state index is 10.8. The molecule has 1 rings (SSSR count). The average molecular weight is 367 g/mol. The van der Waals surface area contributed by atoms with Crippen LogP contribution >= 0.6 is 34.8 Å². The highest BCUT2D eigenvalue weighted by Crippen LogP contribution is 2.36. The van der Waals surface area contributed by atoms with Crippen LogP contribution in [-0.4, -0.2) is 16.8 Å². The molecule has 0 aliphatic rings. The van der Waals surface area contributed by atoms with Crippen LogP contribution in [0.4, 0.5) is 0 Å². The SMILES string of the molecule is CC/C(=C/c1ccc(OCCCC(=O)Cl)c(Cl)c1Cl)[N+](=O)[O-]. The van der Waals surface area contributed by atoms with Crippen LogP contribution in [-0.2, 0) is 4.79 Å². The number of carbonyl (C=O) groups excluding carboxylic acids is 1. The average Bonchev–Trinajstić information content (AvgIpc) is 2.46. The molecule has 1 aromatic carbocycles. The van der Waals surface area contributed by atoms with Crippen molar-refractivity contribution < 1.29 is 14.5 Å². The lowest BCUT2D eigenvalue weighted by atomic mass is 10.1. The lowest BCUT2D eigenvalue weighted by Gasteiger charge is -2.10. The largest absolute Gasteiger partial charge is 0.492 e. The number of hydrogen-bond donors (Lipinski definition) is 0. The molecule has 5 nitrogen and oxygen atoms in total. The second kappa shape index (κ2) is 8.98. The molecule has 0 radical (unpaired) electrons. The number of carbonyl (C=O) groups is 1. The van der Waals surface area contributed by atoms with Gasteiger partial charge >= 0.3 is 0 Å². The van der Waals surface area contributed by atoms with Crippen LogP contribution < -0.4 is 4.74 Å². The number of benzene rings is 1. The Morgan fingerprint density at radius 3 is 2.59 bits per heavy atom. The van der Waals surface area contributed by atoms with Gasteiger partial charge in [0.15, 0.2) is 0 Å². The lowest BCUT2D eigenvalue weighted by Crippen LogP contribution is -2.01. The predicted octanol–water partition coefficient (Wildman–Crippen LogP) is 4.95. The molecule has 0 fully saturated rings. The first-order chi connectivity index (χ1) is 10.4. The Balaban J connectivity index is 2.88. The molecule has 8 heteroatoms. The highest BCUT2D eigenvalue weighted by Gasteiger charge is 2.14. The van der Waals surface area contributed by atoms with E-state index in [4.69, 9.17) is 39.5 Å². The zero-order chi connectivity index (χ0) is 16.7. The van der Waals surface area contributed by atoms with Crippen molar-refractivity contribution in [1.29, 1.82) is 0 Å². The summed E-state index contributed by atoms with van der Waals surface area (Å²) in [6, 6.07) is 3.17. The number of allylic oxidation sites excluding steroid dienone is 1. The van der Waals surface area contributed by atoms with E-state index in [9.17, 15) is 14.9 Å². The Morgan fingerprint density at radius 2 is 2.05 bits per heavy atom. The molecule has 0 amide bonds. The van der Waals surface area contributed by atoms with Crippen LogP contribution in [0.25, 0.3) is 6.08 Å². The number of halogens is 3. The quantitative estimate of drug-likeness (QED) is 0.283.